The summed E-state index contributed by atoms with van der Waals surface area (Å²) in [6.45, 7) is 2.42. The standard InChI is InChI=1S/C14H19N3O2S/c1-2-3-7-17(9-12(15)18)14(19)11-6-4-5-10(8-11)13(16)20/h4-6,8H,2-3,7,9H2,1H3,(H2,15,18)(H2,16,20). The highest BCUT2D eigenvalue weighted by Crippen LogP contribution is 2.09. The van der Waals surface area contributed by atoms with E-state index in [-0.39, 0.29) is 17.4 Å². The lowest BCUT2D eigenvalue weighted by molar-refractivity contribution is -0.118. The number of nitrogens with two attached hydrogens (primary N) is 2. The fourth-order valence-corrected chi connectivity index (χ4v) is 1.90. The minimum absolute atomic E-state index is 0.0872. The maximum absolute atomic E-state index is 12.4. The van der Waals surface area contributed by atoms with Gasteiger partial charge in [0.15, 0.2) is 0 Å². The molecule has 108 valence electrons. The van der Waals surface area contributed by atoms with E-state index in [1.54, 1.807) is 24.3 Å². The van der Waals surface area contributed by atoms with E-state index in [9.17, 15) is 9.59 Å². The first-order valence-electron chi connectivity index (χ1n) is 6.43. The number of hydrogen-bond donors (Lipinski definition) is 2. The zero-order chi connectivity index (χ0) is 15.1. The molecule has 0 heterocycles. The summed E-state index contributed by atoms with van der Waals surface area (Å²) in [7, 11) is 0. The summed E-state index contributed by atoms with van der Waals surface area (Å²) in [5, 5.41) is 0. The molecule has 1 aromatic rings. The lowest BCUT2D eigenvalue weighted by atomic mass is 10.1. The highest BCUT2D eigenvalue weighted by atomic mass is 32.1. The van der Waals surface area contributed by atoms with Gasteiger partial charge in [-0.1, -0.05) is 37.7 Å². The maximum Gasteiger partial charge on any atom is 0.254 e. The first-order chi connectivity index (χ1) is 9.45. The normalized spacial score (nSPS) is 10.1. The summed E-state index contributed by atoms with van der Waals surface area (Å²) in [6, 6.07) is 6.75. The number of primary amides is 1. The molecule has 5 nitrogen and oxygen atoms in total. The molecule has 4 N–H and O–H groups in total. The summed E-state index contributed by atoms with van der Waals surface area (Å²) in [5.74, 6) is -0.768. The zero-order valence-electron chi connectivity index (χ0n) is 11.5. The van der Waals surface area contributed by atoms with Crippen LogP contribution in [0.1, 0.15) is 35.7 Å². The average Bonchev–Trinajstić information content (AvgIpc) is 2.42. The van der Waals surface area contributed by atoms with Crippen LogP contribution in [0, 0.1) is 0 Å². The molecule has 0 radical (unpaired) electrons. The lowest BCUT2D eigenvalue weighted by Crippen LogP contribution is -2.39. The fourth-order valence-electron chi connectivity index (χ4n) is 1.78. The molecule has 0 spiro atoms. The highest BCUT2D eigenvalue weighted by Gasteiger charge is 2.17. The van der Waals surface area contributed by atoms with Crippen molar-refractivity contribution >= 4 is 29.0 Å². The van der Waals surface area contributed by atoms with Crippen molar-refractivity contribution in [2.75, 3.05) is 13.1 Å². The highest BCUT2D eigenvalue weighted by molar-refractivity contribution is 7.80. The molecule has 20 heavy (non-hydrogen) atoms. The number of thiocarbonyl (C=S) groups is 1. The Morgan fingerprint density at radius 3 is 2.45 bits per heavy atom. The van der Waals surface area contributed by atoms with Crippen LogP contribution in [0.2, 0.25) is 0 Å². The SMILES string of the molecule is CCCCN(CC(N)=O)C(=O)c1cccc(C(N)=S)c1. The van der Waals surface area contributed by atoms with Gasteiger partial charge in [-0.15, -0.1) is 0 Å². The molecule has 1 rings (SSSR count). The predicted molar refractivity (Wildman–Crippen MR) is 82.3 cm³/mol. The minimum Gasteiger partial charge on any atom is -0.389 e. The fraction of sp³-hybridized carbons (Fsp3) is 0.357. The van der Waals surface area contributed by atoms with Crippen LogP contribution in [0.3, 0.4) is 0 Å². The maximum atomic E-state index is 12.4. The van der Waals surface area contributed by atoms with Gasteiger partial charge in [-0.3, -0.25) is 9.59 Å². The van der Waals surface area contributed by atoms with Crippen molar-refractivity contribution in [1.29, 1.82) is 0 Å². The average molecular weight is 293 g/mol. The van der Waals surface area contributed by atoms with Crippen LogP contribution in [0.25, 0.3) is 0 Å². The summed E-state index contributed by atoms with van der Waals surface area (Å²) >= 11 is 4.89. The Kier molecular flexibility index (Phi) is 6.11. The Morgan fingerprint density at radius 1 is 1.25 bits per heavy atom. The summed E-state index contributed by atoms with van der Waals surface area (Å²) in [4.78, 5) is 25.1. The predicted octanol–water partition coefficient (Wildman–Crippen LogP) is 1.05. The monoisotopic (exact) mass is 293 g/mol. The van der Waals surface area contributed by atoms with E-state index in [0.717, 1.165) is 12.8 Å². The molecule has 1 aromatic carbocycles. The first kappa shape index (κ1) is 16.1. The van der Waals surface area contributed by atoms with Gasteiger partial charge in [0.25, 0.3) is 5.91 Å². The molecule has 0 aliphatic heterocycles. The van der Waals surface area contributed by atoms with E-state index in [1.807, 2.05) is 6.92 Å². The third kappa shape index (κ3) is 4.62. The quantitative estimate of drug-likeness (QED) is 0.735. The van der Waals surface area contributed by atoms with Crippen LogP contribution in [-0.2, 0) is 4.79 Å². The van der Waals surface area contributed by atoms with E-state index in [1.165, 1.54) is 4.90 Å². The Bertz CT molecular complexity index is 517. The van der Waals surface area contributed by atoms with Gasteiger partial charge in [0.2, 0.25) is 5.91 Å². The van der Waals surface area contributed by atoms with E-state index in [0.29, 0.717) is 17.7 Å². The molecule has 0 aliphatic rings. The van der Waals surface area contributed by atoms with E-state index >= 15 is 0 Å². The number of carbonyl (C=O) groups is 2. The second-order valence-electron chi connectivity index (χ2n) is 4.49. The number of carbonyl (C=O) groups excluding carboxylic acids is 2. The van der Waals surface area contributed by atoms with Gasteiger partial charge in [0.1, 0.15) is 4.99 Å². The summed E-state index contributed by atoms with van der Waals surface area (Å²) < 4.78 is 0. The molecule has 0 aliphatic carbocycles. The van der Waals surface area contributed by atoms with Crippen LogP contribution < -0.4 is 11.5 Å². The van der Waals surface area contributed by atoms with Crippen LogP contribution in [0.4, 0.5) is 0 Å². The lowest BCUT2D eigenvalue weighted by Gasteiger charge is -2.21. The molecule has 0 aromatic heterocycles. The number of hydrogen-bond acceptors (Lipinski definition) is 3. The van der Waals surface area contributed by atoms with Crippen molar-refractivity contribution in [3.63, 3.8) is 0 Å². The van der Waals surface area contributed by atoms with Crippen molar-refractivity contribution in [3.05, 3.63) is 35.4 Å². The Hall–Kier alpha value is -1.95. The molecule has 0 unspecified atom stereocenters. The first-order valence-corrected chi connectivity index (χ1v) is 6.84. The Morgan fingerprint density at radius 2 is 1.90 bits per heavy atom. The zero-order valence-corrected chi connectivity index (χ0v) is 12.3. The van der Waals surface area contributed by atoms with Crippen LogP contribution in [0.5, 0.6) is 0 Å². The molecule has 0 saturated heterocycles. The van der Waals surface area contributed by atoms with Gasteiger partial charge in [0, 0.05) is 17.7 Å². The van der Waals surface area contributed by atoms with E-state index < -0.39 is 5.91 Å². The molecular formula is C14H19N3O2S. The number of amides is 2. The number of benzene rings is 1. The van der Waals surface area contributed by atoms with Gasteiger partial charge < -0.3 is 16.4 Å². The van der Waals surface area contributed by atoms with Gasteiger partial charge in [0.05, 0.1) is 6.54 Å². The Balaban J connectivity index is 2.95. The number of rotatable bonds is 7. The van der Waals surface area contributed by atoms with Crippen molar-refractivity contribution in [2.24, 2.45) is 11.5 Å². The van der Waals surface area contributed by atoms with Crippen LogP contribution >= 0.6 is 12.2 Å². The molecule has 0 fully saturated rings. The van der Waals surface area contributed by atoms with E-state index in [2.05, 4.69) is 0 Å². The smallest absolute Gasteiger partial charge is 0.254 e. The summed E-state index contributed by atoms with van der Waals surface area (Å²) in [6.07, 6.45) is 1.74. The number of nitrogens with zero attached hydrogens (tertiary/aromatic N) is 1. The third-order valence-electron chi connectivity index (χ3n) is 2.81. The molecule has 6 heteroatoms. The molecule has 0 saturated carbocycles. The van der Waals surface area contributed by atoms with Gasteiger partial charge in [-0.05, 0) is 18.6 Å². The third-order valence-corrected chi connectivity index (χ3v) is 3.05. The van der Waals surface area contributed by atoms with E-state index in [4.69, 9.17) is 23.7 Å². The second kappa shape index (κ2) is 7.59. The molecular weight excluding hydrogens is 274 g/mol. The van der Waals surface area contributed by atoms with Gasteiger partial charge >= 0.3 is 0 Å². The molecule has 0 atom stereocenters. The molecule has 0 bridgehead atoms. The van der Waals surface area contributed by atoms with Crippen molar-refractivity contribution in [3.8, 4) is 0 Å². The topological polar surface area (TPSA) is 89.4 Å². The van der Waals surface area contributed by atoms with Crippen molar-refractivity contribution < 1.29 is 9.59 Å². The Labute approximate surface area is 123 Å². The minimum atomic E-state index is -0.528. The summed E-state index contributed by atoms with van der Waals surface area (Å²) in [5.41, 5.74) is 11.8. The second-order valence-corrected chi connectivity index (χ2v) is 4.93. The molecule has 2 amide bonds. The van der Waals surface area contributed by atoms with Crippen LogP contribution in [0.15, 0.2) is 24.3 Å². The van der Waals surface area contributed by atoms with Crippen molar-refractivity contribution in [2.45, 2.75) is 19.8 Å². The van der Waals surface area contributed by atoms with Gasteiger partial charge in [-0.25, -0.2) is 0 Å². The van der Waals surface area contributed by atoms with Crippen LogP contribution in [-0.4, -0.2) is 34.8 Å². The van der Waals surface area contributed by atoms with Gasteiger partial charge in [-0.2, -0.15) is 0 Å². The number of unbranched alkanes of at least 4 members (excludes halogenated alkanes) is 1. The largest absolute Gasteiger partial charge is 0.389 e. The van der Waals surface area contributed by atoms with Crippen molar-refractivity contribution in [1.82, 2.24) is 4.90 Å².